The molecule has 2 aliphatic rings. The van der Waals surface area contributed by atoms with Crippen molar-refractivity contribution in [3.05, 3.63) is 5.76 Å². The van der Waals surface area contributed by atoms with Gasteiger partial charge in [-0.15, -0.1) is 11.8 Å². The number of carboxylic acid groups (broad SMARTS) is 1. The molecule has 2 bridgehead atoms. The van der Waals surface area contributed by atoms with Crippen molar-refractivity contribution < 1.29 is 28.8 Å². The maximum Gasteiger partial charge on any atom is 0.328 e. The van der Waals surface area contributed by atoms with E-state index in [1.165, 1.54) is 44.9 Å². The quantitative estimate of drug-likeness (QED) is 0.360. The molecule has 0 saturated heterocycles. The van der Waals surface area contributed by atoms with E-state index in [2.05, 4.69) is 22.7 Å². The van der Waals surface area contributed by atoms with Crippen LogP contribution in [0.4, 0.5) is 0 Å². The van der Waals surface area contributed by atoms with Crippen molar-refractivity contribution in [3.63, 3.8) is 0 Å². The van der Waals surface area contributed by atoms with E-state index in [9.17, 15) is 19.5 Å². The highest BCUT2D eigenvalue weighted by molar-refractivity contribution is 8.00. The fourth-order valence-electron chi connectivity index (χ4n) is 5.32. The molecule has 0 aliphatic heterocycles. The van der Waals surface area contributed by atoms with E-state index in [0.717, 1.165) is 25.2 Å². The Morgan fingerprint density at radius 3 is 2.51 bits per heavy atom. The second-order valence-electron chi connectivity index (χ2n) is 12.3. The molecule has 208 valence electrons. The van der Waals surface area contributed by atoms with Crippen molar-refractivity contribution >= 4 is 29.5 Å². The van der Waals surface area contributed by atoms with E-state index in [-0.39, 0.29) is 35.4 Å². The van der Waals surface area contributed by atoms with Crippen molar-refractivity contribution in [2.24, 2.45) is 23.2 Å². The van der Waals surface area contributed by atoms with E-state index in [0.29, 0.717) is 16.7 Å². The Hall–Kier alpha value is -2.23. The fourth-order valence-corrected chi connectivity index (χ4v) is 6.22. The summed E-state index contributed by atoms with van der Waals surface area (Å²) < 4.78 is 11.4. The largest absolute Gasteiger partial charge is 0.480 e. The Bertz CT molecular complexity index is 989. The molecule has 4 unspecified atom stereocenters. The highest BCUT2D eigenvalue weighted by Crippen LogP contribution is 2.42. The summed E-state index contributed by atoms with van der Waals surface area (Å²) in [5.41, 5.74) is -2.47. The summed E-state index contributed by atoms with van der Waals surface area (Å²) >= 11 is 1.42. The summed E-state index contributed by atoms with van der Waals surface area (Å²) in [5.74, 6) is 0.332. The lowest BCUT2D eigenvalue weighted by molar-refractivity contribution is -0.148. The molecule has 1 aromatic rings. The number of amides is 2. The van der Waals surface area contributed by atoms with Crippen LogP contribution in [-0.4, -0.2) is 51.5 Å². The van der Waals surface area contributed by atoms with Crippen molar-refractivity contribution in [1.82, 2.24) is 15.8 Å². The maximum absolute atomic E-state index is 13.4. The first kappa shape index (κ1) is 29.3. The molecule has 9 nitrogen and oxygen atoms in total. The van der Waals surface area contributed by atoms with E-state index in [1.807, 2.05) is 13.8 Å². The van der Waals surface area contributed by atoms with Gasteiger partial charge in [-0.3, -0.25) is 9.59 Å². The molecule has 0 radical (unpaired) electrons. The third-order valence-electron chi connectivity index (χ3n) is 7.42. The molecule has 1 aromatic heterocycles. The first-order chi connectivity index (χ1) is 17.2. The Kier molecular flexibility index (Phi) is 9.24. The number of carbonyl (C=O) groups is 3. The number of hydrogen-bond acceptors (Lipinski definition) is 7. The number of thioether (sulfide) groups is 1. The van der Waals surface area contributed by atoms with Gasteiger partial charge in [-0.2, -0.15) is 0 Å². The fraction of sp³-hybridized carbons (Fsp3) is 0.778. The van der Waals surface area contributed by atoms with E-state index < -0.39 is 22.8 Å². The Labute approximate surface area is 224 Å². The van der Waals surface area contributed by atoms with Crippen LogP contribution in [0.3, 0.4) is 0 Å². The van der Waals surface area contributed by atoms with Crippen molar-refractivity contribution in [2.45, 2.75) is 109 Å². The van der Waals surface area contributed by atoms with Gasteiger partial charge in [0.05, 0.1) is 5.41 Å². The first-order valence-corrected chi connectivity index (χ1v) is 14.2. The van der Waals surface area contributed by atoms with Gasteiger partial charge in [0.1, 0.15) is 17.0 Å². The van der Waals surface area contributed by atoms with Crippen molar-refractivity contribution in [3.8, 4) is 5.88 Å². The van der Waals surface area contributed by atoms with Gasteiger partial charge in [0.25, 0.3) is 11.8 Å². The molecule has 2 aliphatic carbocycles. The van der Waals surface area contributed by atoms with Crippen LogP contribution in [0.2, 0.25) is 0 Å². The van der Waals surface area contributed by atoms with Gasteiger partial charge >= 0.3 is 5.97 Å². The summed E-state index contributed by atoms with van der Waals surface area (Å²) in [6.45, 7) is 12.4. The molecule has 2 fully saturated rings. The van der Waals surface area contributed by atoms with E-state index in [4.69, 9.17) is 9.26 Å². The standard InChI is InChI=1S/C27H43N3O6S/c1-15(2)37-21-20(22(31)28-19-10-8-9-17-11-16(3)12-18(19)13-17)36-30-23(21)35-14-26(4,5)24(32)29-27(6,7)25(33)34/h15-19H,8-14H2,1-7H3,(H,28,31)(H,29,32)(H,33,34). The molecule has 2 amide bonds. The van der Waals surface area contributed by atoms with Crippen LogP contribution < -0.4 is 15.4 Å². The highest BCUT2D eigenvalue weighted by Gasteiger charge is 2.38. The van der Waals surface area contributed by atoms with Crippen LogP contribution >= 0.6 is 11.8 Å². The third-order valence-corrected chi connectivity index (χ3v) is 8.48. The molecule has 3 rings (SSSR count). The highest BCUT2D eigenvalue weighted by atomic mass is 32.2. The van der Waals surface area contributed by atoms with E-state index >= 15 is 0 Å². The van der Waals surface area contributed by atoms with Crippen LogP contribution in [-0.2, 0) is 9.59 Å². The van der Waals surface area contributed by atoms with Crippen LogP contribution in [0.5, 0.6) is 5.88 Å². The number of nitrogens with one attached hydrogen (secondary N) is 2. The second kappa shape index (κ2) is 11.7. The monoisotopic (exact) mass is 537 g/mol. The normalized spacial score (nSPS) is 24.3. The molecular weight excluding hydrogens is 494 g/mol. The molecule has 2 saturated carbocycles. The van der Waals surface area contributed by atoms with Crippen LogP contribution in [0.25, 0.3) is 0 Å². The molecule has 10 heteroatoms. The van der Waals surface area contributed by atoms with Crippen molar-refractivity contribution in [1.29, 1.82) is 0 Å². The molecule has 37 heavy (non-hydrogen) atoms. The minimum atomic E-state index is -1.42. The summed E-state index contributed by atoms with van der Waals surface area (Å²) in [6.07, 6.45) is 6.91. The van der Waals surface area contributed by atoms with Gasteiger partial charge in [-0.1, -0.05) is 33.6 Å². The number of rotatable bonds is 10. The zero-order chi connectivity index (χ0) is 27.5. The number of hydrogen-bond donors (Lipinski definition) is 3. The third kappa shape index (κ3) is 7.42. The van der Waals surface area contributed by atoms with Gasteiger partial charge in [0.15, 0.2) is 0 Å². The van der Waals surface area contributed by atoms with E-state index in [1.54, 1.807) is 13.8 Å². The second-order valence-corrected chi connectivity index (χ2v) is 13.9. The first-order valence-electron chi connectivity index (χ1n) is 13.4. The molecular formula is C27H43N3O6S. The van der Waals surface area contributed by atoms with Gasteiger partial charge in [0.2, 0.25) is 11.7 Å². The lowest BCUT2D eigenvalue weighted by Gasteiger charge is -2.35. The summed E-state index contributed by atoms with van der Waals surface area (Å²) in [7, 11) is 0. The number of ether oxygens (including phenoxy) is 1. The Balaban J connectivity index is 1.72. The number of aromatic nitrogens is 1. The molecule has 0 spiro atoms. The topological polar surface area (TPSA) is 131 Å². The molecule has 1 heterocycles. The number of fused-ring (bicyclic) bond motifs is 2. The average Bonchev–Trinajstić information content (AvgIpc) is 3.11. The number of carboxylic acids is 1. The molecule has 0 aromatic carbocycles. The van der Waals surface area contributed by atoms with Crippen LogP contribution in [0.1, 0.15) is 97.5 Å². The summed E-state index contributed by atoms with van der Waals surface area (Å²) in [4.78, 5) is 38.1. The Morgan fingerprint density at radius 2 is 1.86 bits per heavy atom. The zero-order valence-corrected chi connectivity index (χ0v) is 24.0. The maximum atomic E-state index is 13.4. The van der Waals surface area contributed by atoms with Crippen LogP contribution in [0, 0.1) is 23.2 Å². The minimum absolute atomic E-state index is 0.0717. The van der Waals surface area contributed by atoms with Gasteiger partial charge in [-0.25, -0.2) is 4.79 Å². The number of nitrogens with zero attached hydrogens (tertiary/aromatic N) is 1. The number of aliphatic carboxylic acids is 1. The minimum Gasteiger partial charge on any atom is -0.480 e. The summed E-state index contributed by atoms with van der Waals surface area (Å²) in [5, 5.41) is 19.3. The predicted molar refractivity (Wildman–Crippen MR) is 142 cm³/mol. The van der Waals surface area contributed by atoms with Gasteiger partial charge in [0, 0.05) is 11.3 Å². The number of carbonyl (C=O) groups excluding carboxylic acids is 2. The molecule has 3 N–H and O–H groups in total. The Morgan fingerprint density at radius 1 is 1.16 bits per heavy atom. The van der Waals surface area contributed by atoms with Gasteiger partial charge in [-0.05, 0) is 76.3 Å². The lowest BCUT2D eigenvalue weighted by Crippen LogP contribution is -2.54. The summed E-state index contributed by atoms with van der Waals surface area (Å²) in [6, 6.07) is 0.117. The van der Waals surface area contributed by atoms with Gasteiger partial charge < -0.3 is 25.0 Å². The van der Waals surface area contributed by atoms with Crippen LogP contribution in [0.15, 0.2) is 9.42 Å². The molecule has 4 atom stereocenters. The predicted octanol–water partition coefficient (Wildman–Crippen LogP) is 4.89. The lowest BCUT2D eigenvalue weighted by atomic mass is 9.74. The SMILES string of the molecule is CC1CC2CCCC(NC(=O)c3onc(OCC(C)(C)C(=O)NC(C)(C)C(=O)O)c3SC(C)C)C(C1)C2. The zero-order valence-electron chi connectivity index (χ0n) is 23.2. The smallest absolute Gasteiger partial charge is 0.328 e. The van der Waals surface area contributed by atoms with Crippen molar-refractivity contribution in [2.75, 3.05) is 6.61 Å². The average molecular weight is 538 g/mol.